The van der Waals surface area contributed by atoms with Gasteiger partial charge < -0.3 is 24.8 Å². The number of hydrogen-bond donors (Lipinski definition) is 3. The Bertz CT molecular complexity index is 699. The molecular formula is C20H26O7. The molecule has 1 aliphatic heterocycles. The van der Waals surface area contributed by atoms with Gasteiger partial charge in [0.1, 0.15) is 12.2 Å². The normalized spacial score (nSPS) is 33.3. The molecule has 0 bridgehead atoms. The number of hydrogen-bond acceptors (Lipinski definition) is 7. The van der Waals surface area contributed by atoms with Crippen molar-refractivity contribution in [3.05, 3.63) is 47.1 Å². The van der Waals surface area contributed by atoms with Crippen LogP contribution in [0, 0.1) is 5.92 Å². The van der Waals surface area contributed by atoms with Crippen LogP contribution in [0.2, 0.25) is 0 Å². The monoisotopic (exact) mass is 378 g/mol. The van der Waals surface area contributed by atoms with Gasteiger partial charge in [0.05, 0.1) is 25.2 Å². The van der Waals surface area contributed by atoms with E-state index in [0.29, 0.717) is 11.1 Å². The summed E-state index contributed by atoms with van der Waals surface area (Å²) < 4.78 is 11.0. The third kappa shape index (κ3) is 4.94. The van der Waals surface area contributed by atoms with Crippen molar-refractivity contribution in [1.29, 1.82) is 0 Å². The zero-order chi connectivity index (χ0) is 20.1. The minimum Gasteiger partial charge on any atom is -0.458 e. The Labute approximate surface area is 158 Å². The summed E-state index contributed by atoms with van der Waals surface area (Å²) in [5.41, 5.74) is 1.61. The van der Waals surface area contributed by atoms with E-state index < -0.39 is 36.2 Å². The molecule has 0 amide bonds. The Hall–Kier alpha value is -2.22. The number of aliphatic hydroxyl groups excluding tert-OH is 3. The van der Waals surface area contributed by atoms with Crippen LogP contribution >= 0.6 is 0 Å². The molecule has 0 aromatic carbocycles. The molecule has 0 aromatic heterocycles. The van der Waals surface area contributed by atoms with Crippen molar-refractivity contribution in [3.8, 4) is 0 Å². The van der Waals surface area contributed by atoms with Crippen LogP contribution in [0.15, 0.2) is 47.1 Å². The summed E-state index contributed by atoms with van der Waals surface area (Å²) >= 11 is 0. The second kappa shape index (κ2) is 9.12. The standard InChI is InChI=1S/C20H26O7/c1-11(6-7-21)19(24)26-17-9-14(10-22)4-5-15(23)12(2)8-16-18(17)13(3)20(25)27-16/h4,6,8,15-18,21-23H,3,5,7,9-10H2,1-2H3/b11-6+,12-8-,14-4+/t15-,16+,17+,18-/m0/s1. The van der Waals surface area contributed by atoms with Gasteiger partial charge in [0.25, 0.3) is 0 Å². The molecule has 2 rings (SSSR count). The van der Waals surface area contributed by atoms with Crippen LogP contribution < -0.4 is 0 Å². The highest BCUT2D eigenvalue weighted by Crippen LogP contribution is 2.36. The van der Waals surface area contributed by atoms with Crippen LogP contribution in [0.1, 0.15) is 26.7 Å². The van der Waals surface area contributed by atoms with E-state index in [1.54, 1.807) is 19.1 Å². The molecule has 0 radical (unpaired) electrons. The SMILES string of the molecule is C=C1C(=O)O[C@@H]2/C=C(/C)[C@@H](O)C/C=C(/CO)C[C@@H](OC(=O)/C(C)=C/CO)[C@@H]12. The number of fused-ring (bicyclic) bond motifs is 1. The molecule has 7 heteroatoms. The molecule has 0 unspecified atom stereocenters. The first kappa shape index (κ1) is 21.1. The molecule has 2 aliphatic rings. The first-order chi connectivity index (χ1) is 12.8. The van der Waals surface area contributed by atoms with E-state index in [1.165, 1.54) is 13.0 Å². The van der Waals surface area contributed by atoms with Crippen LogP contribution in [-0.4, -0.2) is 58.8 Å². The van der Waals surface area contributed by atoms with Crippen LogP contribution in [0.25, 0.3) is 0 Å². The Morgan fingerprint density at radius 2 is 2.15 bits per heavy atom. The third-order valence-electron chi connectivity index (χ3n) is 4.89. The molecule has 1 fully saturated rings. The maximum atomic E-state index is 12.3. The van der Waals surface area contributed by atoms with Gasteiger partial charge in [-0.25, -0.2) is 9.59 Å². The van der Waals surface area contributed by atoms with E-state index in [4.69, 9.17) is 14.6 Å². The van der Waals surface area contributed by atoms with Crippen molar-refractivity contribution in [3.63, 3.8) is 0 Å². The Kier molecular flexibility index (Phi) is 7.12. The summed E-state index contributed by atoms with van der Waals surface area (Å²) in [7, 11) is 0. The fourth-order valence-corrected chi connectivity index (χ4v) is 3.18. The number of aliphatic hydroxyl groups is 3. The quantitative estimate of drug-likeness (QED) is 0.379. The van der Waals surface area contributed by atoms with Gasteiger partial charge in [-0.3, -0.25) is 0 Å². The second-order valence-electron chi connectivity index (χ2n) is 6.82. The van der Waals surface area contributed by atoms with Crippen LogP contribution in [0.3, 0.4) is 0 Å². The molecule has 0 saturated carbocycles. The summed E-state index contributed by atoms with van der Waals surface area (Å²) in [6, 6.07) is 0. The molecule has 4 atom stereocenters. The molecule has 3 N–H and O–H groups in total. The lowest BCUT2D eigenvalue weighted by Gasteiger charge is -2.28. The smallest absolute Gasteiger partial charge is 0.334 e. The summed E-state index contributed by atoms with van der Waals surface area (Å²) in [4.78, 5) is 24.4. The van der Waals surface area contributed by atoms with Crippen molar-refractivity contribution in [2.45, 2.75) is 45.0 Å². The van der Waals surface area contributed by atoms with Gasteiger partial charge in [0, 0.05) is 17.6 Å². The number of carbonyl (C=O) groups excluding carboxylic acids is 2. The highest BCUT2D eigenvalue weighted by molar-refractivity contribution is 5.92. The predicted octanol–water partition coefficient (Wildman–Crippen LogP) is 0.954. The first-order valence-corrected chi connectivity index (χ1v) is 8.82. The van der Waals surface area contributed by atoms with Gasteiger partial charge >= 0.3 is 11.9 Å². The van der Waals surface area contributed by atoms with E-state index in [2.05, 4.69) is 6.58 Å². The van der Waals surface area contributed by atoms with Gasteiger partial charge in [-0.1, -0.05) is 12.7 Å². The van der Waals surface area contributed by atoms with E-state index in [0.717, 1.165) is 0 Å². The Morgan fingerprint density at radius 3 is 2.78 bits per heavy atom. The molecule has 1 heterocycles. The Balaban J connectivity index is 2.43. The summed E-state index contributed by atoms with van der Waals surface area (Å²) in [5, 5.41) is 28.9. The van der Waals surface area contributed by atoms with Crippen molar-refractivity contribution in [2.75, 3.05) is 13.2 Å². The van der Waals surface area contributed by atoms with Crippen LogP contribution in [-0.2, 0) is 19.1 Å². The molecule has 1 aliphatic carbocycles. The molecule has 27 heavy (non-hydrogen) atoms. The zero-order valence-corrected chi connectivity index (χ0v) is 15.6. The average Bonchev–Trinajstić information content (AvgIpc) is 2.90. The van der Waals surface area contributed by atoms with E-state index in [9.17, 15) is 19.8 Å². The minimum absolute atomic E-state index is 0.172. The van der Waals surface area contributed by atoms with Crippen molar-refractivity contribution in [2.24, 2.45) is 5.92 Å². The lowest BCUT2D eigenvalue weighted by Crippen LogP contribution is -2.34. The third-order valence-corrected chi connectivity index (χ3v) is 4.89. The molecule has 7 nitrogen and oxygen atoms in total. The topological polar surface area (TPSA) is 113 Å². The van der Waals surface area contributed by atoms with Gasteiger partial charge in [0.15, 0.2) is 0 Å². The van der Waals surface area contributed by atoms with E-state index in [1.807, 2.05) is 0 Å². The molecule has 0 aromatic rings. The molecule has 1 saturated heterocycles. The van der Waals surface area contributed by atoms with Gasteiger partial charge in [0.2, 0.25) is 0 Å². The minimum atomic E-state index is -0.791. The van der Waals surface area contributed by atoms with Crippen molar-refractivity contribution < 1.29 is 34.4 Å². The summed E-state index contributed by atoms with van der Waals surface area (Å²) in [5.74, 6) is -1.85. The average molecular weight is 378 g/mol. The Morgan fingerprint density at radius 1 is 1.44 bits per heavy atom. The van der Waals surface area contributed by atoms with Crippen molar-refractivity contribution >= 4 is 11.9 Å². The molecule has 148 valence electrons. The van der Waals surface area contributed by atoms with Crippen LogP contribution in [0.4, 0.5) is 0 Å². The molecule has 0 spiro atoms. The zero-order valence-electron chi connectivity index (χ0n) is 15.6. The maximum Gasteiger partial charge on any atom is 0.334 e. The summed E-state index contributed by atoms with van der Waals surface area (Å²) in [6.45, 7) is 6.46. The lowest BCUT2D eigenvalue weighted by atomic mass is 9.85. The largest absolute Gasteiger partial charge is 0.458 e. The second-order valence-corrected chi connectivity index (χ2v) is 6.82. The first-order valence-electron chi connectivity index (χ1n) is 8.82. The van der Waals surface area contributed by atoms with Gasteiger partial charge in [-0.05, 0) is 43.6 Å². The fourth-order valence-electron chi connectivity index (χ4n) is 3.18. The van der Waals surface area contributed by atoms with E-state index in [-0.39, 0.29) is 37.2 Å². The predicted molar refractivity (Wildman–Crippen MR) is 97.4 cm³/mol. The molecular weight excluding hydrogens is 352 g/mol. The number of ether oxygens (including phenoxy) is 2. The van der Waals surface area contributed by atoms with E-state index >= 15 is 0 Å². The fraction of sp³-hybridized carbons (Fsp3) is 0.500. The maximum absolute atomic E-state index is 12.3. The van der Waals surface area contributed by atoms with Crippen LogP contribution in [0.5, 0.6) is 0 Å². The summed E-state index contributed by atoms with van der Waals surface area (Å²) in [6.07, 6.45) is 2.86. The number of rotatable bonds is 4. The number of carbonyl (C=O) groups is 2. The number of esters is 2. The highest BCUT2D eigenvalue weighted by Gasteiger charge is 2.44. The van der Waals surface area contributed by atoms with Gasteiger partial charge in [-0.15, -0.1) is 0 Å². The van der Waals surface area contributed by atoms with Gasteiger partial charge in [-0.2, -0.15) is 0 Å². The lowest BCUT2D eigenvalue weighted by molar-refractivity contribution is -0.147. The van der Waals surface area contributed by atoms with Crippen molar-refractivity contribution in [1.82, 2.24) is 0 Å². The highest BCUT2D eigenvalue weighted by atomic mass is 16.6.